The summed E-state index contributed by atoms with van der Waals surface area (Å²) in [6.07, 6.45) is 1.24. The third kappa shape index (κ3) is 3.74. The van der Waals surface area contributed by atoms with Gasteiger partial charge in [0.2, 0.25) is 0 Å². The first-order valence-electron chi connectivity index (χ1n) is 6.22. The predicted molar refractivity (Wildman–Crippen MR) is 66.0 cm³/mol. The largest absolute Gasteiger partial charge is 0.326 e. The van der Waals surface area contributed by atoms with Gasteiger partial charge in [-0.3, -0.25) is 4.90 Å². The van der Waals surface area contributed by atoms with Gasteiger partial charge in [0.25, 0.3) is 0 Å². The van der Waals surface area contributed by atoms with Crippen molar-refractivity contribution >= 4 is 0 Å². The minimum atomic E-state index is 0.325. The van der Waals surface area contributed by atoms with Crippen LogP contribution in [0, 0.1) is 5.92 Å². The Bertz CT molecular complexity index is 180. The SMILES string of the molecule is CCC1CN(CC(N)C(C)C)CCN1C. The lowest BCUT2D eigenvalue weighted by Gasteiger charge is -2.40. The van der Waals surface area contributed by atoms with Crippen LogP contribution in [-0.2, 0) is 0 Å². The quantitative estimate of drug-likeness (QED) is 0.756. The molecule has 90 valence electrons. The first-order chi connectivity index (χ1) is 7.04. The van der Waals surface area contributed by atoms with E-state index in [4.69, 9.17) is 5.73 Å². The molecule has 3 heteroatoms. The minimum Gasteiger partial charge on any atom is -0.326 e. The van der Waals surface area contributed by atoms with Crippen molar-refractivity contribution in [1.29, 1.82) is 0 Å². The zero-order valence-corrected chi connectivity index (χ0v) is 10.7. The van der Waals surface area contributed by atoms with Gasteiger partial charge in [-0.2, -0.15) is 0 Å². The molecule has 1 rings (SSSR count). The predicted octanol–water partition coefficient (Wildman–Crippen LogP) is 0.996. The Hall–Kier alpha value is -0.120. The molecule has 0 aliphatic carbocycles. The molecular formula is C12H27N3. The molecule has 1 heterocycles. The van der Waals surface area contributed by atoms with Gasteiger partial charge >= 0.3 is 0 Å². The van der Waals surface area contributed by atoms with Gasteiger partial charge in [0.15, 0.2) is 0 Å². The number of hydrogen-bond acceptors (Lipinski definition) is 3. The normalized spacial score (nSPS) is 27.2. The van der Waals surface area contributed by atoms with E-state index >= 15 is 0 Å². The lowest BCUT2D eigenvalue weighted by Crippen LogP contribution is -2.54. The molecule has 0 bridgehead atoms. The molecule has 2 atom stereocenters. The van der Waals surface area contributed by atoms with E-state index in [0.717, 1.165) is 12.6 Å². The zero-order chi connectivity index (χ0) is 11.4. The van der Waals surface area contributed by atoms with E-state index in [9.17, 15) is 0 Å². The zero-order valence-electron chi connectivity index (χ0n) is 10.7. The van der Waals surface area contributed by atoms with Crippen molar-refractivity contribution in [2.24, 2.45) is 11.7 Å². The van der Waals surface area contributed by atoms with E-state index in [0.29, 0.717) is 12.0 Å². The molecule has 15 heavy (non-hydrogen) atoms. The fraction of sp³-hybridized carbons (Fsp3) is 1.00. The third-order valence-corrected chi connectivity index (χ3v) is 3.66. The van der Waals surface area contributed by atoms with E-state index in [1.807, 2.05) is 0 Å². The van der Waals surface area contributed by atoms with Gasteiger partial charge in [0.1, 0.15) is 0 Å². The van der Waals surface area contributed by atoms with E-state index in [-0.39, 0.29) is 0 Å². The molecule has 1 saturated heterocycles. The monoisotopic (exact) mass is 213 g/mol. The first kappa shape index (κ1) is 12.9. The molecule has 0 aromatic carbocycles. The van der Waals surface area contributed by atoms with Crippen molar-refractivity contribution in [3.63, 3.8) is 0 Å². The van der Waals surface area contributed by atoms with Crippen LogP contribution in [0.25, 0.3) is 0 Å². The van der Waals surface area contributed by atoms with E-state index in [1.54, 1.807) is 0 Å². The van der Waals surface area contributed by atoms with Gasteiger partial charge < -0.3 is 10.6 Å². The fourth-order valence-electron chi connectivity index (χ4n) is 2.13. The van der Waals surface area contributed by atoms with Crippen LogP contribution in [0.3, 0.4) is 0 Å². The Labute approximate surface area is 94.6 Å². The van der Waals surface area contributed by atoms with Crippen molar-refractivity contribution in [2.75, 3.05) is 33.2 Å². The van der Waals surface area contributed by atoms with Gasteiger partial charge in [-0.1, -0.05) is 20.8 Å². The fourth-order valence-corrected chi connectivity index (χ4v) is 2.13. The molecule has 1 aliphatic heterocycles. The standard InChI is InChI=1S/C12H27N3/c1-5-11-8-15(7-6-14(11)4)9-12(13)10(2)3/h10-12H,5-9,13H2,1-4H3. The molecule has 2 N–H and O–H groups in total. The summed E-state index contributed by atoms with van der Waals surface area (Å²) in [6, 6.07) is 1.05. The molecule has 0 saturated carbocycles. The van der Waals surface area contributed by atoms with Crippen LogP contribution < -0.4 is 5.73 Å². The highest BCUT2D eigenvalue weighted by molar-refractivity contribution is 4.81. The second-order valence-electron chi connectivity index (χ2n) is 5.21. The smallest absolute Gasteiger partial charge is 0.0218 e. The summed E-state index contributed by atoms with van der Waals surface area (Å²) in [7, 11) is 2.23. The lowest BCUT2D eigenvalue weighted by molar-refractivity contribution is 0.0854. The Morgan fingerprint density at radius 2 is 2.00 bits per heavy atom. The van der Waals surface area contributed by atoms with Gasteiger partial charge in [0, 0.05) is 38.3 Å². The van der Waals surface area contributed by atoms with Gasteiger partial charge in [-0.25, -0.2) is 0 Å². The number of hydrogen-bond donors (Lipinski definition) is 1. The van der Waals surface area contributed by atoms with Crippen molar-refractivity contribution in [1.82, 2.24) is 9.80 Å². The number of nitrogens with two attached hydrogens (primary N) is 1. The molecule has 0 spiro atoms. The van der Waals surface area contributed by atoms with E-state index in [1.165, 1.54) is 26.1 Å². The highest BCUT2D eigenvalue weighted by Gasteiger charge is 2.24. The number of rotatable bonds is 4. The third-order valence-electron chi connectivity index (χ3n) is 3.66. The Morgan fingerprint density at radius 3 is 2.53 bits per heavy atom. The van der Waals surface area contributed by atoms with Gasteiger partial charge in [-0.15, -0.1) is 0 Å². The van der Waals surface area contributed by atoms with Crippen LogP contribution in [-0.4, -0.2) is 55.1 Å². The number of likely N-dealkylation sites (N-methyl/N-ethyl adjacent to an activating group) is 1. The van der Waals surface area contributed by atoms with Gasteiger partial charge in [-0.05, 0) is 19.4 Å². The molecule has 3 nitrogen and oxygen atoms in total. The van der Waals surface area contributed by atoms with Gasteiger partial charge in [0.05, 0.1) is 0 Å². The summed E-state index contributed by atoms with van der Waals surface area (Å²) in [5, 5.41) is 0. The maximum absolute atomic E-state index is 6.11. The lowest BCUT2D eigenvalue weighted by atomic mass is 10.0. The van der Waals surface area contributed by atoms with Crippen molar-refractivity contribution in [2.45, 2.75) is 39.3 Å². The van der Waals surface area contributed by atoms with Crippen LogP contribution in [0.2, 0.25) is 0 Å². The summed E-state index contributed by atoms with van der Waals surface area (Å²) < 4.78 is 0. The number of piperazine rings is 1. The Morgan fingerprint density at radius 1 is 1.33 bits per heavy atom. The maximum Gasteiger partial charge on any atom is 0.0218 e. The van der Waals surface area contributed by atoms with E-state index in [2.05, 4.69) is 37.6 Å². The molecule has 1 fully saturated rings. The van der Waals surface area contributed by atoms with Crippen LogP contribution in [0.5, 0.6) is 0 Å². The molecule has 0 aromatic heterocycles. The number of nitrogens with zero attached hydrogens (tertiary/aromatic N) is 2. The maximum atomic E-state index is 6.11. The van der Waals surface area contributed by atoms with Crippen molar-refractivity contribution in [3.05, 3.63) is 0 Å². The molecule has 0 aromatic rings. The Kier molecular flexibility index (Phi) is 5.03. The summed E-state index contributed by atoms with van der Waals surface area (Å²) in [5.41, 5.74) is 6.11. The molecule has 0 radical (unpaired) electrons. The molecule has 0 amide bonds. The topological polar surface area (TPSA) is 32.5 Å². The Balaban J connectivity index is 2.38. The minimum absolute atomic E-state index is 0.325. The second kappa shape index (κ2) is 5.83. The van der Waals surface area contributed by atoms with Crippen LogP contribution in [0.15, 0.2) is 0 Å². The molecular weight excluding hydrogens is 186 g/mol. The highest BCUT2D eigenvalue weighted by atomic mass is 15.3. The van der Waals surface area contributed by atoms with Crippen molar-refractivity contribution < 1.29 is 0 Å². The second-order valence-corrected chi connectivity index (χ2v) is 5.21. The summed E-state index contributed by atoms with van der Waals surface area (Å²) in [5.74, 6) is 0.588. The summed E-state index contributed by atoms with van der Waals surface area (Å²) >= 11 is 0. The van der Waals surface area contributed by atoms with Crippen molar-refractivity contribution in [3.8, 4) is 0 Å². The molecule has 1 aliphatic rings. The highest BCUT2D eigenvalue weighted by Crippen LogP contribution is 2.12. The van der Waals surface area contributed by atoms with E-state index < -0.39 is 0 Å². The summed E-state index contributed by atoms with van der Waals surface area (Å²) in [4.78, 5) is 5.00. The average molecular weight is 213 g/mol. The van der Waals surface area contributed by atoms with Crippen LogP contribution in [0.1, 0.15) is 27.2 Å². The average Bonchev–Trinajstić information content (AvgIpc) is 2.20. The van der Waals surface area contributed by atoms with Crippen LogP contribution in [0.4, 0.5) is 0 Å². The first-order valence-corrected chi connectivity index (χ1v) is 6.22. The van der Waals surface area contributed by atoms with Crippen LogP contribution >= 0.6 is 0 Å². The molecule has 2 unspecified atom stereocenters. The summed E-state index contributed by atoms with van der Waals surface area (Å²) in [6.45, 7) is 11.3.